The van der Waals surface area contributed by atoms with Crippen molar-refractivity contribution in [3.05, 3.63) is 48.0 Å². The van der Waals surface area contributed by atoms with Crippen molar-refractivity contribution in [3.63, 3.8) is 0 Å². The summed E-state index contributed by atoms with van der Waals surface area (Å²) in [6, 6.07) is 8.51. The van der Waals surface area contributed by atoms with Gasteiger partial charge in [-0.15, -0.1) is 0 Å². The van der Waals surface area contributed by atoms with Gasteiger partial charge >= 0.3 is 0 Å². The summed E-state index contributed by atoms with van der Waals surface area (Å²) in [6.45, 7) is 0. The van der Waals surface area contributed by atoms with Gasteiger partial charge in [-0.3, -0.25) is 0 Å². The molecule has 0 unspecified atom stereocenters. The lowest BCUT2D eigenvalue weighted by molar-refractivity contribution is 0.578. The lowest BCUT2D eigenvalue weighted by atomic mass is 10.1. The third kappa shape index (κ3) is 1.89. The zero-order valence-electron chi connectivity index (χ0n) is 9.31. The maximum atomic E-state index is 5.43. The third-order valence-electron chi connectivity index (χ3n) is 2.89. The molecule has 0 saturated heterocycles. The highest BCUT2D eigenvalue weighted by Crippen LogP contribution is 2.19. The molecule has 3 rings (SSSR count). The van der Waals surface area contributed by atoms with E-state index in [2.05, 4.69) is 22.1 Å². The van der Waals surface area contributed by atoms with Crippen LogP contribution < -0.4 is 5.73 Å². The molecule has 0 atom stereocenters. The number of nitrogens with one attached hydrogen (secondary N) is 1. The van der Waals surface area contributed by atoms with Crippen molar-refractivity contribution in [2.75, 3.05) is 5.73 Å². The van der Waals surface area contributed by atoms with Crippen LogP contribution in [0.15, 0.2) is 41.1 Å². The van der Waals surface area contributed by atoms with Crippen LogP contribution in [-0.2, 0) is 12.8 Å². The molecule has 0 spiro atoms. The molecule has 2 heterocycles. The van der Waals surface area contributed by atoms with Gasteiger partial charge in [-0.2, -0.15) is 4.98 Å². The fourth-order valence-electron chi connectivity index (χ4n) is 2.04. The number of nitrogens with two attached hydrogens (primary N) is 1. The minimum atomic E-state index is 0.235. The summed E-state index contributed by atoms with van der Waals surface area (Å²) in [5.41, 5.74) is 8.79. The Balaban J connectivity index is 1.81. The highest BCUT2D eigenvalue weighted by atomic mass is 16.4. The molecule has 3 aromatic rings. The molecule has 0 saturated carbocycles. The van der Waals surface area contributed by atoms with Crippen LogP contribution in [0.3, 0.4) is 0 Å². The van der Waals surface area contributed by atoms with E-state index in [1.807, 2.05) is 18.3 Å². The standard InChI is InChI=1S/C13H13N3O/c14-13-16-10(8-17-13)6-5-9-7-15-12-4-2-1-3-11(9)12/h1-4,7-8,15H,5-6H2,(H2,14,16). The van der Waals surface area contributed by atoms with E-state index >= 15 is 0 Å². The SMILES string of the molecule is Nc1nc(CCc2c[nH]c3ccccc23)co1. The van der Waals surface area contributed by atoms with Crippen molar-refractivity contribution in [1.29, 1.82) is 0 Å². The van der Waals surface area contributed by atoms with Gasteiger partial charge in [-0.05, 0) is 24.5 Å². The van der Waals surface area contributed by atoms with Crippen molar-refractivity contribution in [2.24, 2.45) is 0 Å². The summed E-state index contributed by atoms with van der Waals surface area (Å²) in [5, 5.41) is 1.27. The molecule has 2 aromatic heterocycles. The Morgan fingerprint density at radius 3 is 2.94 bits per heavy atom. The molecule has 0 aliphatic rings. The number of oxazole rings is 1. The van der Waals surface area contributed by atoms with Crippen molar-refractivity contribution >= 4 is 16.9 Å². The largest absolute Gasteiger partial charge is 0.432 e. The van der Waals surface area contributed by atoms with Gasteiger partial charge in [-0.1, -0.05) is 18.2 Å². The van der Waals surface area contributed by atoms with E-state index in [-0.39, 0.29) is 6.01 Å². The summed E-state index contributed by atoms with van der Waals surface area (Å²) >= 11 is 0. The van der Waals surface area contributed by atoms with Crippen LogP contribution in [0, 0.1) is 0 Å². The minimum absolute atomic E-state index is 0.235. The summed E-state index contributed by atoms with van der Waals surface area (Å²) in [4.78, 5) is 7.35. The van der Waals surface area contributed by atoms with Gasteiger partial charge in [-0.25, -0.2) is 0 Å². The highest BCUT2D eigenvalue weighted by Gasteiger charge is 2.05. The van der Waals surface area contributed by atoms with Crippen molar-refractivity contribution in [3.8, 4) is 0 Å². The Morgan fingerprint density at radius 1 is 1.24 bits per heavy atom. The van der Waals surface area contributed by atoms with Gasteiger partial charge in [0.05, 0.1) is 5.69 Å². The van der Waals surface area contributed by atoms with Gasteiger partial charge in [0.15, 0.2) is 0 Å². The van der Waals surface area contributed by atoms with Crippen LogP contribution in [0.1, 0.15) is 11.3 Å². The Hall–Kier alpha value is -2.23. The lowest BCUT2D eigenvalue weighted by Crippen LogP contribution is -1.91. The van der Waals surface area contributed by atoms with Crippen LogP contribution >= 0.6 is 0 Å². The second-order valence-electron chi connectivity index (χ2n) is 4.04. The van der Waals surface area contributed by atoms with E-state index in [1.54, 1.807) is 6.26 Å². The van der Waals surface area contributed by atoms with Crippen LogP contribution in [0.25, 0.3) is 10.9 Å². The summed E-state index contributed by atoms with van der Waals surface area (Å²) in [5.74, 6) is 0. The number of anilines is 1. The topological polar surface area (TPSA) is 67.8 Å². The van der Waals surface area contributed by atoms with Gasteiger partial charge < -0.3 is 15.1 Å². The quantitative estimate of drug-likeness (QED) is 0.722. The first kappa shape index (κ1) is 9.96. The summed E-state index contributed by atoms with van der Waals surface area (Å²) in [6.07, 6.45) is 5.43. The number of aromatic nitrogens is 2. The molecule has 17 heavy (non-hydrogen) atoms. The fraction of sp³-hybridized carbons (Fsp3) is 0.154. The maximum Gasteiger partial charge on any atom is 0.292 e. The zero-order valence-corrected chi connectivity index (χ0v) is 9.31. The van der Waals surface area contributed by atoms with Gasteiger partial charge in [0.1, 0.15) is 6.26 Å². The van der Waals surface area contributed by atoms with Crippen molar-refractivity contribution in [2.45, 2.75) is 12.8 Å². The minimum Gasteiger partial charge on any atom is -0.432 e. The van der Waals surface area contributed by atoms with Gasteiger partial charge in [0.2, 0.25) is 0 Å². The van der Waals surface area contributed by atoms with E-state index in [0.29, 0.717) is 0 Å². The van der Waals surface area contributed by atoms with E-state index < -0.39 is 0 Å². The highest BCUT2D eigenvalue weighted by molar-refractivity contribution is 5.83. The fourth-order valence-corrected chi connectivity index (χ4v) is 2.04. The molecular formula is C13H13N3O. The van der Waals surface area contributed by atoms with E-state index in [9.17, 15) is 0 Å². The number of nitrogens with zero attached hydrogens (tertiary/aromatic N) is 1. The number of hydrogen-bond donors (Lipinski definition) is 2. The number of fused-ring (bicyclic) bond motifs is 1. The molecule has 1 aromatic carbocycles. The molecular weight excluding hydrogens is 214 g/mol. The summed E-state index contributed by atoms with van der Waals surface area (Å²) in [7, 11) is 0. The van der Waals surface area contributed by atoms with Crippen LogP contribution in [0.5, 0.6) is 0 Å². The average Bonchev–Trinajstić information content (AvgIpc) is 2.93. The molecule has 0 radical (unpaired) electrons. The predicted molar refractivity (Wildman–Crippen MR) is 66.6 cm³/mol. The smallest absolute Gasteiger partial charge is 0.292 e. The molecule has 0 amide bonds. The first-order valence-electron chi connectivity index (χ1n) is 5.58. The van der Waals surface area contributed by atoms with E-state index in [0.717, 1.165) is 18.5 Å². The number of aromatic amines is 1. The van der Waals surface area contributed by atoms with Crippen molar-refractivity contribution in [1.82, 2.24) is 9.97 Å². The first-order chi connectivity index (χ1) is 8.33. The predicted octanol–water partition coefficient (Wildman–Crippen LogP) is 2.52. The second kappa shape index (κ2) is 3.97. The Bertz CT molecular complexity index is 639. The number of rotatable bonds is 3. The number of H-pyrrole nitrogens is 1. The third-order valence-corrected chi connectivity index (χ3v) is 2.89. The van der Waals surface area contributed by atoms with Crippen LogP contribution in [-0.4, -0.2) is 9.97 Å². The van der Waals surface area contributed by atoms with Crippen LogP contribution in [0.4, 0.5) is 6.01 Å². The second-order valence-corrected chi connectivity index (χ2v) is 4.04. The van der Waals surface area contributed by atoms with Crippen molar-refractivity contribution < 1.29 is 4.42 Å². The molecule has 86 valence electrons. The normalized spacial score (nSPS) is 11.1. The monoisotopic (exact) mass is 227 g/mol. The Kier molecular flexibility index (Phi) is 2.33. The van der Waals surface area contributed by atoms with Gasteiger partial charge in [0.25, 0.3) is 6.01 Å². The van der Waals surface area contributed by atoms with Gasteiger partial charge in [0, 0.05) is 17.1 Å². The number of benzene rings is 1. The molecule has 0 aliphatic carbocycles. The van der Waals surface area contributed by atoms with E-state index in [1.165, 1.54) is 16.5 Å². The lowest BCUT2D eigenvalue weighted by Gasteiger charge is -1.96. The maximum absolute atomic E-state index is 5.43. The Morgan fingerprint density at radius 2 is 2.12 bits per heavy atom. The molecule has 0 fully saturated rings. The molecule has 0 bridgehead atoms. The number of para-hydroxylation sites is 1. The number of hydrogen-bond acceptors (Lipinski definition) is 3. The summed E-state index contributed by atoms with van der Waals surface area (Å²) < 4.78 is 4.98. The molecule has 4 heteroatoms. The van der Waals surface area contributed by atoms with Crippen LogP contribution in [0.2, 0.25) is 0 Å². The zero-order chi connectivity index (χ0) is 11.7. The number of nitrogen functional groups attached to an aromatic ring is 1. The molecule has 3 N–H and O–H groups in total. The molecule has 4 nitrogen and oxygen atoms in total. The number of aryl methyl sites for hydroxylation is 2. The Labute approximate surface area is 98.5 Å². The molecule has 0 aliphatic heterocycles. The average molecular weight is 227 g/mol. The first-order valence-corrected chi connectivity index (χ1v) is 5.58. The van der Waals surface area contributed by atoms with E-state index in [4.69, 9.17) is 10.2 Å².